The number of ether oxygens (including phenoxy) is 2. The van der Waals surface area contributed by atoms with Gasteiger partial charge in [-0.2, -0.15) is 0 Å². The number of rotatable bonds is 4. The zero-order valence-electron chi connectivity index (χ0n) is 14.5. The first kappa shape index (κ1) is 17.6. The Morgan fingerprint density at radius 3 is 2.70 bits per heavy atom. The third-order valence-electron chi connectivity index (χ3n) is 4.24. The van der Waals surface area contributed by atoms with Crippen molar-refractivity contribution in [1.82, 2.24) is 4.90 Å². The molecule has 1 aliphatic rings. The van der Waals surface area contributed by atoms with Crippen LogP contribution in [0.25, 0.3) is 0 Å². The SMILES string of the molecule is COc1ccccc1C(CN)C1CCN(C(=O)OC(C)(C)C)C1. The summed E-state index contributed by atoms with van der Waals surface area (Å²) >= 11 is 0. The molecule has 2 unspecified atom stereocenters. The van der Waals surface area contributed by atoms with Gasteiger partial charge in [-0.25, -0.2) is 4.79 Å². The molecule has 1 aliphatic heterocycles. The van der Waals surface area contributed by atoms with E-state index in [-0.39, 0.29) is 12.0 Å². The van der Waals surface area contributed by atoms with Gasteiger partial charge in [-0.1, -0.05) is 18.2 Å². The molecule has 2 N–H and O–H groups in total. The van der Waals surface area contributed by atoms with Crippen LogP contribution in [0.15, 0.2) is 24.3 Å². The predicted octanol–water partition coefficient (Wildman–Crippen LogP) is 2.99. The van der Waals surface area contributed by atoms with Crippen LogP contribution in [0, 0.1) is 5.92 Å². The Hall–Kier alpha value is -1.75. The number of likely N-dealkylation sites (tertiary alicyclic amines) is 1. The lowest BCUT2D eigenvalue weighted by atomic mass is 9.85. The predicted molar refractivity (Wildman–Crippen MR) is 90.7 cm³/mol. The molecule has 5 nitrogen and oxygen atoms in total. The second kappa shape index (κ2) is 7.21. The highest BCUT2D eigenvalue weighted by molar-refractivity contribution is 5.68. The summed E-state index contributed by atoms with van der Waals surface area (Å²) in [7, 11) is 1.67. The van der Waals surface area contributed by atoms with Crippen LogP contribution in [-0.4, -0.2) is 43.3 Å². The number of hydrogen-bond donors (Lipinski definition) is 1. The van der Waals surface area contributed by atoms with Gasteiger partial charge in [-0.15, -0.1) is 0 Å². The maximum absolute atomic E-state index is 12.2. The minimum Gasteiger partial charge on any atom is -0.496 e. The lowest BCUT2D eigenvalue weighted by Crippen LogP contribution is -2.36. The maximum Gasteiger partial charge on any atom is 0.410 e. The van der Waals surface area contributed by atoms with Gasteiger partial charge in [0.1, 0.15) is 11.4 Å². The summed E-state index contributed by atoms with van der Waals surface area (Å²) in [6, 6.07) is 7.98. The first-order chi connectivity index (χ1) is 10.9. The van der Waals surface area contributed by atoms with Crippen molar-refractivity contribution in [3.05, 3.63) is 29.8 Å². The summed E-state index contributed by atoms with van der Waals surface area (Å²) in [5.74, 6) is 1.36. The van der Waals surface area contributed by atoms with Crippen LogP contribution < -0.4 is 10.5 Å². The topological polar surface area (TPSA) is 64.8 Å². The number of carbonyl (C=O) groups is 1. The van der Waals surface area contributed by atoms with E-state index in [1.807, 2.05) is 39.0 Å². The fourth-order valence-corrected chi connectivity index (χ4v) is 3.15. The number of hydrogen-bond acceptors (Lipinski definition) is 4. The zero-order chi connectivity index (χ0) is 17.0. The molecule has 0 radical (unpaired) electrons. The van der Waals surface area contributed by atoms with Gasteiger partial charge in [-0.05, 0) is 51.3 Å². The molecule has 0 spiro atoms. The van der Waals surface area contributed by atoms with E-state index >= 15 is 0 Å². The lowest BCUT2D eigenvalue weighted by molar-refractivity contribution is 0.0286. The van der Waals surface area contributed by atoms with Crippen LogP contribution in [0.5, 0.6) is 5.75 Å². The van der Waals surface area contributed by atoms with Crippen molar-refractivity contribution in [2.24, 2.45) is 11.7 Å². The highest BCUT2D eigenvalue weighted by atomic mass is 16.6. The summed E-state index contributed by atoms with van der Waals surface area (Å²) in [6.07, 6.45) is 0.690. The fraction of sp³-hybridized carbons (Fsp3) is 0.611. The van der Waals surface area contributed by atoms with E-state index in [1.54, 1.807) is 12.0 Å². The van der Waals surface area contributed by atoms with Crippen LogP contribution in [0.2, 0.25) is 0 Å². The van der Waals surface area contributed by atoms with Crippen molar-refractivity contribution in [2.45, 2.75) is 38.7 Å². The van der Waals surface area contributed by atoms with Gasteiger partial charge < -0.3 is 20.1 Å². The molecule has 128 valence electrons. The van der Waals surface area contributed by atoms with Gasteiger partial charge in [0, 0.05) is 19.0 Å². The minimum atomic E-state index is -0.467. The van der Waals surface area contributed by atoms with Crippen LogP contribution in [0.4, 0.5) is 4.79 Å². The van der Waals surface area contributed by atoms with Crippen molar-refractivity contribution >= 4 is 6.09 Å². The second-order valence-electron chi connectivity index (χ2n) is 7.06. The quantitative estimate of drug-likeness (QED) is 0.926. The smallest absolute Gasteiger partial charge is 0.410 e. The first-order valence-electron chi connectivity index (χ1n) is 8.16. The third-order valence-corrected chi connectivity index (χ3v) is 4.24. The van der Waals surface area contributed by atoms with Crippen molar-refractivity contribution in [2.75, 3.05) is 26.7 Å². The normalized spacial score (nSPS) is 19.5. The van der Waals surface area contributed by atoms with Crippen LogP contribution in [0.3, 0.4) is 0 Å². The van der Waals surface area contributed by atoms with Crippen LogP contribution >= 0.6 is 0 Å². The van der Waals surface area contributed by atoms with Gasteiger partial charge in [0.25, 0.3) is 0 Å². The van der Waals surface area contributed by atoms with Crippen LogP contribution in [-0.2, 0) is 4.74 Å². The Kier molecular flexibility index (Phi) is 5.52. The van der Waals surface area contributed by atoms with E-state index in [1.165, 1.54) is 0 Å². The van der Waals surface area contributed by atoms with Crippen LogP contribution in [0.1, 0.15) is 38.7 Å². The van der Waals surface area contributed by atoms with Gasteiger partial charge >= 0.3 is 6.09 Å². The minimum absolute atomic E-state index is 0.179. The van der Waals surface area contributed by atoms with E-state index < -0.39 is 5.60 Å². The molecule has 1 aromatic carbocycles. The van der Waals surface area contributed by atoms with E-state index in [2.05, 4.69) is 6.07 Å². The molecule has 5 heteroatoms. The first-order valence-corrected chi connectivity index (χ1v) is 8.16. The Morgan fingerprint density at radius 1 is 1.39 bits per heavy atom. The van der Waals surface area contributed by atoms with E-state index in [0.29, 0.717) is 25.6 Å². The number of nitrogens with two attached hydrogens (primary N) is 1. The highest BCUT2D eigenvalue weighted by Gasteiger charge is 2.34. The van der Waals surface area contributed by atoms with Crippen molar-refractivity contribution < 1.29 is 14.3 Å². The lowest BCUT2D eigenvalue weighted by Gasteiger charge is -2.26. The molecule has 0 aromatic heterocycles. The monoisotopic (exact) mass is 320 g/mol. The summed E-state index contributed by atoms with van der Waals surface area (Å²) < 4.78 is 10.9. The number of nitrogens with zero attached hydrogens (tertiary/aromatic N) is 1. The zero-order valence-corrected chi connectivity index (χ0v) is 14.5. The number of amides is 1. The van der Waals surface area contributed by atoms with Gasteiger partial charge in [0.05, 0.1) is 7.11 Å². The van der Waals surface area contributed by atoms with Gasteiger partial charge in [0.2, 0.25) is 0 Å². The Balaban J connectivity index is 2.08. The van der Waals surface area contributed by atoms with Gasteiger partial charge in [0.15, 0.2) is 0 Å². The number of carbonyl (C=O) groups excluding carboxylic acids is 1. The highest BCUT2D eigenvalue weighted by Crippen LogP contribution is 2.36. The molecule has 2 rings (SSSR count). The molecule has 1 aromatic rings. The fourth-order valence-electron chi connectivity index (χ4n) is 3.15. The summed E-state index contributed by atoms with van der Waals surface area (Å²) in [6.45, 7) is 7.58. The van der Waals surface area contributed by atoms with E-state index in [0.717, 1.165) is 17.7 Å². The molecule has 0 saturated carbocycles. The Bertz CT molecular complexity index is 539. The molecule has 0 aliphatic carbocycles. The molecule has 1 amide bonds. The number of benzene rings is 1. The number of methoxy groups -OCH3 is 1. The number of para-hydroxylation sites is 1. The van der Waals surface area contributed by atoms with E-state index in [4.69, 9.17) is 15.2 Å². The second-order valence-corrected chi connectivity index (χ2v) is 7.06. The van der Waals surface area contributed by atoms with Crippen molar-refractivity contribution in [3.8, 4) is 5.75 Å². The van der Waals surface area contributed by atoms with Crippen molar-refractivity contribution in [1.29, 1.82) is 0 Å². The molecule has 1 fully saturated rings. The average Bonchev–Trinajstić information content (AvgIpc) is 2.97. The molecule has 2 atom stereocenters. The molecule has 1 heterocycles. The average molecular weight is 320 g/mol. The maximum atomic E-state index is 12.2. The molecule has 1 saturated heterocycles. The third kappa shape index (κ3) is 4.38. The Morgan fingerprint density at radius 2 is 2.09 bits per heavy atom. The summed E-state index contributed by atoms with van der Waals surface area (Å²) in [5.41, 5.74) is 6.69. The summed E-state index contributed by atoms with van der Waals surface area (Å²) in [5, 5.41) is 0. The molecular formula is C18H28N2O3. The molecule has 0 bridgehead atoms. The van der Waals surface area contributed by atoms with Gasteiger partial charge in [-0.3, -0.25) is 0 Å². The molecular weight excluding hydrogens is 292 g/mol. The van der Waals surface area contributed by atoms with Crippen molar-refractivity contribution in [3.63, 3.8) is 0 Å². The molecule has 23 heavy (non-hydrogen) atoms. The standard InChI is InChI=1S/C18H28N2O3/c1-18(2,3)23-17(21)20-10-9-13(12-20)15(11-19)14-7-5-6-8-16(14)22-4/h5-8,13,15H,9-12,19H2,1-4H3. The summed E-state index contributed by atoms with van der Waals surface area (Å²) in [4.78, 5) is 14.0. The van der Waals surface area contributed by atoms with E-state index in [9.17, 15) is 4.79 Å². The Labute approximate surface area is 138 Å². The largest absolute Gasteiger partial charge is 0.496 e.